The molecule has 0 radical (unpaired) electrons. The first kappa shape index (κ1) is 16.9. The van der Waals surface area contributed by atoms with Crippen LogP contribution in [0.3, 0.4) is 0 Å². The van der Waals surface area contributed by atoms with Gasteiger partial charge in [-0.05, 0) is 37.5 Å². The first-order chi connectivity index (χ1) is 10.6. The Bertz CT molecular complexity index is 541. The van der Waals surface area contributed by atoms with E-state index < -0.39 is 23.9 Å². The van der Waals surface area contributed by atoms with Gasteiger partial charge in [-0.15, -0.1) is 0 Å². The minimum Gasteiger partial charge on any atom is -0.493 e. The van der Waals surface area contributed by atoms with E-state index in [1.807, 2.05) is 6.08 Å². The smallest absolute Gasteiger partial charge is 0.270 e. The van der Waals surface area contributed by atoms with Crippen molar-refractivity contribution >= 4 is 0 Å². The SMILES string of the molecule is CCCC1=CCC(c2ccc(OCC)c(C(F)F)c2F)OC1. The third-order valence-electron chi connectivity index (χ3n) is 3.70. The molecule has 1 heterocycles. The molecule has 0 spiro atoms. The molecule has 1 atom stereocenters. The normalized spacial score (nSPS) is 18.5. The van der Waals surface area contributed by atoms with E-state index in [0.29, 0.717) is 13.0 Å². The Hall–Kier alpha value is -1.49. The van der Waals surface area contributed by atoms with Crippen molar-refractivity contribution in [2.75, 3.05) is 13.2 Å². The van der Waals surface area contributed by atoms with Crippen LogP contribution in [0.25, 0.3) is 0 Å². The van der Waals surface area contributed by atoms with Crippen LogP contribution in [0, 0.1) is 5.82 Å². The molecule has 1 aliphatic rings. The Balaban J connectivity index is 2.27. The number of ether oxygens (including phenoxy) is 2. The van der Waals surface area contributed by atoms with Crippen LogP contribution in [0.1, 0.15) is 56.8 Å². The monoisotopic (exact) mass is 314 g/mol. The zero-order valence-corrected chi connectivity index (χ0v) is 12.9. The molecule has 0 aliphatic carbocycles. The number of rotatable bonds is 6. The fourth-order valence-electron chi connectivity index (χ4n) is 2.65. The summed E-state index contributed by atoms with van der Waals surface area (Å²) in [6.45, 7) is 4.38. The molecule has 0 N–H and O–H groups in total. The van der Waals surface area contributed by atoms with E-state index in [2.05, 4.69) is 6.92 Å². The van der Waals surface area contributed by atoms with Gasteiger partial charge in [-0.2, -0.15) is 0 Å². The highest BCUT2D eigenvalue weighted by Gasteiger charge is 2.27. The van der Waals surface area contributed by atoms with Crippen molar-refractivity contribution in [2.45, 2.75) is 45.6 Å². The molecule has 1 aromatic rings. The highest BCUT2D eigenvalue weighted by molar-refractivity contribution is 5.41. The second-order valence-corrected chi connectivity index (χ2v) is 5.26. The fraction of sp³-hybridized carbons (Fsp3) is 0.529. The van der Waals surface area contributed by atoms with E-state index in [1.165, 1.54) is 17.7 Å². The zero-order chi connectivity index (χ0) is 16.1. The summed E-state index contributed by atoms with van der Waals surface area (Å²) in [6, 6.07) is 2.88. The summed E-state index contributed by atoms with van der Waals surface area (Å²) in [4.78, 5) is 0. The van der Waals surface area contributed by atoms with Gasteiger partial charge in [-0.3, -0.25) is 0 Å². The summed E-state index contributed by atoms with van der Waals surface area (Å²) in [7, 11) is 0. The Morgan fingerprint density at radius 1 is 1.32 bits per heavy atom. The fourth-order valence-corrected chi connectivity index (χ4v) is 2.65. The van der Waals surface area contributed by atoms with Crippen LogP contribution in [0.15, 0.2) is 23.8 Å². The average Bonchev–Trinajstić information content (AvgIpc) is 2.49. The Morgan fingerprint density at radius 3 is 2.64 bits per heavy atom. The maximum absolute atomic E-state index is 14.5. The minimum absolute atomic E-state index is 0.100. The summed E-state index contributed by atoms with van der Waals surface area (Å²) >= 11 is 0. The van der Waals surface area contributed by atoms with Gasteiger partial charge in [-0.1, -0.05) is 19.4 Å². The number of halogens is 3. The second kappa shape index (κ2) is 7.68. The zero-order valence-electron chi connectivity index (χ0n) is 12.9. The number of hydrogen-bond acceptors (Lipinski definition) is 2. The van der Waals surface area contributed by atoms with Crippen molar-refractivity contribution < 1.29 is 22.6 Å². The van der Waals surface area contributed by atoms with E-state index in [9.17, 15) is 13.2 Å². The van der Waals surface area contributed by atoms with Crippen molar-refractivity contribution in [2.24, 2.45) is 0 Å². The Labute approximate surface area is 128 Å². The predicted octanol–water partition coefficient (Wildman–Crippen LogP) is 5.35. The van der Waals surface area contributed by atoms with Crippen LogP contribution >= 0.6 is 0 Å². The van der Waals surface area contributed by atoms with E-state index >= 15 is 0 Å². The van der Waals surface area contributed by atoms with Crippen LogP contribution in [0.4, 0.5) is 13.2 Å². The van der Waals surface area contributed by atoms with Crippen molar-refractivity contribution in [3.8, 4) is 5.75 Å². The molecule has 0 saturated heterocycles. The molecule has 0 bridgehead atoms. The quantitative estimate of drug-likeness (QED) is 0.659. The van der Waals surface area contributed by atoms with Gasteiger partial charge in [-0.25, -0.2) is 13.2 Å². The molecule has 1 aromatic carbocycles. The Morgan fingerprint density at radius 2 is 2.09 bits per heavy atom. The van der Waals surface area contributed by atoms with E-state index in [-0.39, 0.29) is 17.9 Å². The van der Waals surface area contributed by atoms with Crippen LogP contribution in [-0.2, 0) is 4.74 Å². The topological polar surface area (TPSA) is 18.5 Å². The summed E-state index contributed by atoms with van der Waals surface area (Å²) in [5.74, 6) is -1.02. The average molecular weight is 314 g/mol. The molecule has 0 amide bonds. The van der Waals surface area contributed by atoms with Crippen molar-refractivity contribution in [3.05, 3.63) is 40.7 Å². The Kier molecular flexibility index (Phi) is 5.89. The van der Waals surface area contributed by atoms with Crippen LogP contribution < -0.4 is 4.74 Å². The largest absolute Gasteiger partial charge is 0.493 e. The molecule has 0 saturated carbocycles. The minimum atomic E-state index is -2.92. The highest BCUT2D eigenvalue weighted by atomic mass is 19.3. The van der Waals surface area contributed by atoms with Crippen molar-refractivity contribution in [1.82, 2.24) is 0 Å². The lowest BCUT2D eigenvalue weighted by atomic mass is 9.98. The lowest BCUT2D eigenvalue weighted by Crippen LogP contribution is -2.14. The van der Waals surface area contributed by atoms with Gasteiger partial charge >= 0.3 is 0 Å². The third-order valence-corrected chi connectivity index (χ3v) is 3.70. The van der Waals surface area contributed by atoms with E-state index in [4.69, 9.17) is 9.47 Å². The maximum Gasteiger partial charge on any atom is 0.270 e. The van der Waals surface area contributed by atoms with Gasteiger partial charge in [0.1, 0.15) is 11.6 Å². The standard InChI is InChI=1S/C17H21F3O2/c1-3-5-11-6-8-13(22-10-11)12-7-9-14(21-4-2)15(16(12)18)17(19)20/h6-7,9,13,17H,3-5,8,10H2,1-2H3. The first-order valence-corrected chi connectivity index (χ1v) is 7.61. The lowest BCUT2D eigenvalue weighted by Gasteiger charge is -2.24. The molecular formula is C17H21F3O2. The lowest BCUT2D eigenvalue weighted by molar-refractivity contribution is 0.0563. The molecule has 22 heavy (non-hydrogen) atoms. The second-order valence-electron chi connectivity index (χ2n) is 5.26. The van der Waals surface area contributed by atoms with Gasteiger partial charge in [0, 0.05) is 5.56 Å². The summed E-state index contributed by atoms with van der Waals surface area (Å²) in [6.07, 6.45) is 1.05. The molecule has 5 heteroatoms. The third kappa shape index (κ3) is 3.64. The van der Waals surface area contributed by atoms with Crippen LogP contribution in [-0.4, -0.2) is 13.2 Å². The summed E-state index contributed by atoms with van der Waals surface area (Å²) in [5, 5.41) is 0. The van der Waals surface area contributed by atoms with Gasteiger partial charge < -0.3 is 9.47 Å². The van der Waals surface area contributed by atoms with E-state index in [0.717, 1.165) is 12.8 Å². The summed E-state index contributed by atoms with van der Waals surface area (Å²) < 4.78 is 51.5. The van der Waals surface area contributed by atoms with Crippen LogP contribution in [0.2, 0.25) is 0 Å². The first-order valence-electron chi connectivity index (χ1n) is 7.61. The van der Waals surface area contributed by atoms with Crippen LogP contribution in [0.5, 0.6) is 5.75 Å². The molecular weight excluding hydrogens is 293 g/mol. The van der Waals surface area contributed by atoms with Gasteiger partial charge in [0.05, 0.1) is 24.9 Å². The molecule has 0 aromatic heterocycles. The molecule has 2 rings (SSSR count). The highest BCUT2D eigenvalue weighted by Crippen LogP contribution is 2.38. The summed E-state index contributed by atoms with van der Waals surface area (Å²) in [5.41, 5.74) is 0.677. The number of hydrogen-bond donors (Lipinski definition) is 0. The number of benzene rings is 1. The van der Waals surface area contributed by atoms with Gasteiger partial charge in [0.15, 0.2) is 0 Å². The van der Waals surface area contributed by atoms with Gasteiger partial charge in [0.25, 0.3) is 6.43 Å². The van der Waals surface area contributed by atoms with Gasteiger partial charge in [0.2, 0.25) is 0 Å². The van der Waals surface area contributed by atoms with Crippen molar-refractivity contribution in [3.63, 3.8) is 0 Å². The predicted molar refractivity (Wildman–Crippen MR) is 78.8 cm³/mol. The molecule has 1 unspecified atom stereocenters. The molecule has 1 aliphatic heterocycles. The molecule has 122 valence electrons. The van der Waals surface area contributed by atoms with Crippen molar-refractivity contribution in [1.29, 1.82) is 0 Å². The number of alkyl halides is 2. The maximum atomic E-state index is 14.5. The molecule has 2 nitrogen and oxygen atoms in total. The van der Waals surface area contributed by atoms with E-state index in [1.54, 1.807) is 6.92 Å². The molecule has 0 fully saturated rings.